The maximum Gasteiger partial charge on any atom is 0.266 e. The average molecular weight is 639 g/mol. The maximum atomic E-state index is 12.8. The number of carbonyl (C=O) groups excluding carboxylic acids is 4. The zero-order valence-electron chi connectivity index (χ0n) is 23.2. The van der Waals surface area contributed by atoms with E-state index in [0.717, 1.165) is 22.3 Å². The Balaban J connectivity index is 1.13. The Hall–Kier alpha value is -3.32. The Kier molecular flexibility index (Phi) is 11.1. The molecule has 2 heterocycles. The minimum absolute atomic E-state index is 0.0861. The fourth-order valence-electron chi connectivity index (χ4n) is 4.02. The molecule has 8 nitrogen and oxygen atoms in total. The Morgan fingerprint density at radius 2 is 1.05 bits per heavy atom. The Labute approximate surface area is 264 Å². The number of thiocarbonyl (C=S) groups is 2. The lowest BCUT2D eigenvalue weighted by atomic mass is 10.1. The van der Waals surface area contributed by atoms with Crippen LogP contribution >= 0.6 is 48.0 Å². The van der Waals surface area contributed by atoms with Crippen molar-refractivity contribution in [3.05, 3.63) is 80.6 Å². The van der Waals surface area contributed by atoms with E-state index in [1.165, 1.54) is 33.3 Å². The Bertz CT molecular complexity index is 1360. The van der Waals surface area contributed by atoms with Gasteiger partial charge in [-0.05, 0) is 37.1 Å². The minimum Gasteiger partial charge on any atom is -0.354 e. The van der Waals surface area contributed by atoms with Gasteiger partial charge >= 0.3 is 0 Å². The molecule has 0 radical (unpaired) electrons. The molecule has 4 amide bonds. The number of rotatable bonds is 11. The SMILES string of the molecule is Cc1ccc(C=C2SC(=S)N(CCC(=O)NCCNC(=O)CCN3C(=O)C(=Cc4ccc(C)cc4)SC3=S)C2=O)cc1. The summed E-state index contributed by atoms with van der Waals surface area (Å²) in [5.41, 5.74) is 4.09. The second kappa shape index (κ2) is 14.7. The van der Waals surface area contributed by atoms with E-state index in [-0.39, 0.29) is 62.6 Å². The van der Waals surface area contributed by atoms with E-state index in [1.807, 2.05) is 62.4 Å². The molecule has 42 heavy (non-hydrogen) atoms. The van der Waals surface area contributed by atoms with Crippen LogP contribution in [0.5, 0.6) is 0 Å². The predicted molar refractivity (Wildman–Crippen MR) is 177 cm³/mol. The lowest BCUT2D eigenvalue weighted by Crippen LogP contribution is -2.38. The van der Waals surface area contributed by atoms with Crippen LogP contribution in [0.2, 0.25) is 0 Å². The second-order valence-electron chi connectivity index (χ2n) is 9.69. The number of nitrogens with zero attached hydrogens (tertiary/aromatic N) is 2. The number of amides is 4. The standard InChI is InChI=1S/C30H30N4O4S4/c1-19-3-7-21(8-4-19)17-23-27(37)33(29(39)41-23)15-11-25(35)31-13-14-32-26(36)12-16-34-28(38)24(42-30(34)40)18-22-9-5-20(2)6-10-22/h3-10,17-18H,11-16H2,1-2H3,(H,31,35)(H,32,36). The van der Waals surface area contributed by atoms with Crippen LogP contribution in [0.25, 0.3) is 12.2 Å². The van der Waals surface area contributed by atoms with Crippen molar-refractivity contribution >= 4 is 92.4 Å². The third-order valence-corrected chi connectivity index (χ3v) is 9.15. The lowest BCUT2D eigenvalue weighted by Gasteiger charge is -2.15. The van der Waals surface area contributed by atoms with Crippen molar-refractivity contribution in [1.29, 1.82) is 0 Å². The van der Waals surface area contributed by atoms with E-state index in [9.17, 15) is 19.2 Å². The van der Waals surface area contributed by atoms with Gasteiger partial charge in [0.2, 0.25) is 11.8 Å². The van der Waals surface area contributed by atoms with Gasteiger partial charge in [0, 0.05) is 39.0 Å². The normalized spacial score (nSPS) is 17.1. The number of benzene rings is 2. The zero-order valence-corrected chi connectivity index (χ0v) is 26.4. The first-order valence-electron chi connectivity index (χ1n) is 13.3. The van der Waals surface area contributed by atoms with Crippen LogP contribution in [0.3, 0.4) is 0 Å². The van der Waals surface area contributed by atoms with Crippen molar-refractivity contribution in [3.8, 4) is 0 Å². The van der Waals surface area contributed by atoms with Crippen molar-refractivity contribution in [3.63, 3.8) is 0 Å². The maximum absolute atomic E-state index is 12.8. The predicted octanol–water partition coefficient (Wildman–Crippen LogP) is 4.42. The van der Waals surface area contributed by atoms with E-state index in [2.05, 4.69) is 10.6 Å². The summed E-state index contributed by atoms with van der Waals surface area (Å²) in [5, 5.41) is 5.48. The minimum atomic E-state index is -0.251. The van der Waals surface area contributed by atoms with E-state index in [4.69, 9.17) is 24.4 Å². The molecule has 2 aromatic rings. The van der Waals surface area contributed by atoms with Crippen LogP contribution in [-0.4, -0.2) is 68.2 Å². The first-order valence-corrected chi connectivity index (χ1v) is 15.7. The van der Waals surface area contributed by atoms with Crippen LogP contribution in [-0.2, 0) is 19.2 Å². The topological polar surface area (TPSA) is 98.8 Å². The highest BCUT2D eigenvalue weighted by Crippen LogP contribution is 2.33. The molecule has 2 fully saturated rings. The smallest absolute Gasteiger partial charge is 0.266 e. The Morgan fingerprint density at radius 1 is 0.690 bits per heavy atom. The van der Waals surface area contributed by atoms with Crippen LogP contribution in [0.4, 0.5) is 0 Å². The molecule has 2 saturated heterocycles. The van der Waals surface area contributed by atoms with Crippen LogP contribution in [0.15, 0.2) is 58.3 Å². The van der Waals surface area contributed by atoms with Gasteiger partial charge in [-0.3, -0.25) is 29.0 Å². The number of hydrogen-bond acceptors (Lipinski definition) is 8. The van der Waals surface area contributed by atoms with Gasteiger partial charge in [-0.15, -0.1) is 0 Å². The Morgan fingerprint density at radius 3 is 1.40 bits per heavy atom. The van der Waals surface area contributed by atoms with E-state index < -0.39 is 0 Å². The molecule has 0 bridgehead atoms. The van der Waals surface area contributed by atoms with Crippen LogP contribution < -0.4 is 10.6 Å². The summed E-state index contributed by atoms with van der Waals surface area (Å²) in [6.07, 6.45) is 3.77. The highest BCUT2D eigenvalue weighted by Gasteiger charge is 2.33. The summed E-state index contributed by atoms with van der Waals surface area (Å²) >= 11 is 13.1. The fraction of sp³-hybridized carbons (Fsp3) is 0.267. The molecule has 218 valence electrons. The third-order valence-electron chi connectivity index (χ3n) is 6.39. The molecule has 12 heteroatoms. The van der Waals surface area contributed by atoms with Crippen LogP contribution in [0, 0.1) is 13.8 Å². The fourth-order valence-corrected chi connectivity index (χ4v) is 6.64. The number of hydrogen-bond donors (Lipinski definition) is 2. The molecule has 0 atom stereocenters. The molecule has 4 rings (SSSR count). The monoisotopic (exact) mass is 638 g/mol. The molecule has 0 aliphatic carbocycles. The number of aryl methyl sites for hydroxylation is 2. The van der Waals surface area contributed by atoms with Crippen molar-refractivity contribution in [2.75, 3.05) is 26.2 Å². The number of thioether (sulfide) groups is 2. The summed E-state index contributed by atoms with van der Waals surface area (Å²) in [6, 6.07) is 15.7. The highest BCUT2D eigenvalue weighted by molar-refractivity contribution is 8.27. The molecule has 2 aromatic carbocycles. The van der Waals surface area contributed by atoms with Gasteiger partial charge in [0.15, 0.2) is 0 Å². The largest absolute Gasteiger partial charge is 0.354 e. The van der Waals surface area contributed by atoms with Crippen molar-refractivity contribution < 1.29 is 19.2 Å². The molecule has 0 aromatic heterocycles. The van der Waals surface area contributed by atoms with Gasteiger partial charge < -0.3 is 10.6 Å². The molecule has 2 aliphatic rings. The summed E-state index contributed by atoms with van der Waals surface area (Å²) in [5.74, 6) is -0.923. The summed E-state index contributed by atoms with van der Waals surface area (Å²) in [7, 11) is 0. The second-order valence-corrected chi connectivity index (χ2v) is 13.0. The van der Waals surface area contributed by atoms with E-state index >= 15 is 0 Å². The summed E-state index contributed by atoms with van der Waals surface area (Å²) < 4.78 is 0.844. The van der Waals surface area contributed by atoms with Gasteiger partial charge in [-0.1, -0.05) is 108 Å². The number of carbonyl (C=O) groups is 4. The quantitative estimate of drug-likeness (QED) is 0.212. The molecule has 2 aliphatic heterocycles. The molecule has 2 N–H and O–H groups in total. The molecule has 0 unspecified atom stereocenters. The van der Waals surface area contributed by atoms with E-state index in [1.54, 1.807) is 12.2 Å². The average Bonchev–Trinajstić information content (AvgIpc) is 3.38. The molecular weight excluding hydrogens is 609 g/mol. The zero-order chi connectivity index (χ0) is 30.2. The summed E-state index contributed by atoms with van der Waals surface area (Å²) in [6.45, 7) is 4.81. The van der Waals surface area contributed by atoms with Crippen molar-refractivity contribution in [2.24, 2.45) is 0 Å². The molecular formula is C30H30N4O4S4. The van der Waals surface area contributed by atoms with E-state index in [0.29, 0.717) is 18.5 Å². The first-order chi connectivity index (χ1) is 20.1. The van der Waals surface area contributed by atoms with Crippen molar-refractivity contribution in [2.45, 2.75) is 26.7 Å². The van der Waals surface area contributed by atoms with Gasteiger partial charge in [-0.25, -0.2) is 0 Å². The highest BCUT2D eigenvalue weighted by atomic mass is 32.2. The third kappa shape index (κ3) is 8.60. The number of nitrogens with one attached hydrogen (secondary N) is 2. The lowest BCUT2D eigenvalue weighted by molar-refractivity contribution is -0.126. The summed E-state index contributed by atoms with van der Waals surface area (Å²) in [4.78, 5) is 54.1. The molecule has 0 spiro atoms. The first kappa shape index (κ1) is 31.6. The van der Waals surface area contributed by atoms with Crippen molar-refractivity contribution in [1.82, 2.24) is 20.4 Å². The van der Waals surface area contributed by atoms with Gasteiger partial charge in [-0.2, -0.15) is 0 Å². The van der Waals surface area contributed by atoms with Gasteiger partial charge in [0.1, 0.15) is 8.64 Å². The van der Waals surface area contributed by atoms with Gasteiger partial charge in [0.25, 0.3) is 11.8 Å². The molecule has 0 saturated carbocycles. The van der Waals surface area contributed by atoms with Crippen LogP contribution in [0.1, 0.15) is 35.1 Å². The van der Waals surface area contributed by atoms with Gasteiger partial charge in [0.05, 0.1) is 9.81 Å².